The van der Waals surface area contributed by atoms with Gasteiger partial charge in [0.25, 0.3) is 0 Å². The van der Waals surface area contributed by atoms with E-state index in [1.165, 1.54) is 0 Å². The Bertz CT molecular complexity index is 804. The molecule has 196 valence electrons. The molecule has 0 spiro atoms. The van der Waals surface area contributed by atoms with Crippen LogP contribution in [-0.2, 0) is 0 Å². The van der Waals surface area contributed by atoms with Crippen LogP contribution in [0.2, 0.25) is 0 Å². The Kier molecular flexibility index (Phi) is 6.50. The van der Waals surface area contributed by atoms with Crippen molar-refractivity contribution in [1.82, 2.24) is 0 Å². The number of aliphatic hydroxyl groups is 4. The molecule has 4 fully saturated rings. The van der Waals surface area contributed by atoms with E-state index in [1.807, 2.05) is 13.8 Å². The molecule has 4 N–H and O–H groups in total. The quantitative estimate of drug-likeness (QED) is 0.397. The first kappa shape index (κ1) is 26.6. The fraction of sp³-hybridized carbons (Fsp3) is 0.933. The first-order valence-electron chi connectivity index (χ1n) is 13.9. The molecule has 4 rings (SSSR count). The first-order chi connectivity index (χ1) is 15.5. The zero-order valence-electron chi connectivity index (χ0n) is 22.9. The summed E-state index contributed by atoms with van der Waals surface area (Å²) in [6, 6.07) is 0. The van der Waals surface area contributed by atoms with Crippen LogP contribution in [0.3, 0.4) is 0 Å². The smallest absolute Gasteiger partial charge is 0.0745 e. The van der Waals surface area contributed by atoms with Crippen LogP contribution < -0.4 is 0 Å². The summed E-state index contributed by atoms with van der Waals surface area (Å²) in [5.74, 6) is 1.01. The van der Waals surface area contributed by atoms with Gasteiger partial charge >= 0.3 is 0 Å². The highest BCUT2D eigenvalue weighted by molar-refractivity contribution is 5.20. The fourth-order valence-electron chi connectivity index (χ4n) is 10.3. The monoisotopic (exact) mass is 476 g/mol. The zero-order chi connectivity index (χ0) is 25.5. The number of hydrogen-bond donors (Lipinski definition) is 4. The lowest BCUT2D eigenvalue weighted by Gasteiger charge is -2.70. The Labute approximate surface area is 208 Å². The molecule has 11 atom stereocenters. The average molecular weight is 477 g/mol. The van der Waals surface area contributed by atoms with E-state index in [2.05, 4.69) is 41.2 Å². The van der Waals surface area contributed by atoms with Gasteiger partial charge in [-0.1, -0.05) is 46.8 Å². The predicted molar refractivity (Wildman–Crippen MR) is 137 cm³/mol. The van der Waals surface area contributed by atoms with Crippen molar-refractivity contribution in [3.05, 3.63) is 12.2 Å². The Morgan fingerprint density at radius 3 is 2.21 bits per heavy atom. The highest BCUT2D eigenvalue weighted by Gasteiger charge is 2.71. The molecule has 0 heterocycles. The molecule has 0 aromatic carbocycles. The molecule has 0 saturated heterocycles. The molecule has 0 aliphatic heterocycles. The molecule has 0 aromatic rings. The summed E-state index contributed by atoms with van der Waals surface area (Å²) < 4.78 is 0. The lowest BCUT2D eigenvalue weighted by atomic mass is 9.35. The number of aliphatic hydroxyl groups excluding tert-OH is 3. The molecule has 34 heavy (non-hydrogen) atoms. The van der Waals surface area contributed by atoms with Gasteiger partial charge in [-0.25, -0.2) is 0 Å². The lowest BCUT2D eigenvalue weighted by Crippen LogP contribution is -2.66. The third-order valence-electron chi connectivity index (χ3n) is 12.7. The molecule has 4 nitrogen and oxygen atoms in total. The average Bonchev–Trinajstić information content (AvgIpc) is 3.12. The molecule has 0 radical (unpaired) electrons. The molecular weight excluding hydrogens is 424 g/mol. The van der Waals surface area contributed by atoms with Crippen molar-refractivity contribution in [3.8, 4) is 0 Å². The first-order valence-corrected chi connectivity index (χ1v) is 13.9. The second-order valence-electron chi connectivity index (χ2n) is 14.6. The molecular formula is C30H52O4. The molecule has 4 heteroatoms. The van der Waals surface area contributed by atoms with Crippen LogP contribution in [0.1, 0.15) is 106 Å². The van der Waals surface area contributed by atoms with Crippen molar-refractivity contribution < 1.29 is 20.4 Å². The van der Waals surface area contributed by atoms with Crippen molar-refractivity contribution >= 4 is 0 Å². The van der Waals surface area contributed by atoms with Crippen molar-refractivity contribution in [2.75, 3.05) is 0 Å². The number of rotatable bonds is 5. The second kappa shape index (κ2) is 8.30. The summed E-state index contributed by atoms with van der Waals surface area (Å²) in [5.41, 5.74) is -0.0556. The maximum atomic E-state index is 11.8. The summed E-state index contributed by atoms with van der Waals surface area (Å²) >= 11 is 0. The van der Waals surface area contributed by atoms with E-state index in [1.54, 1.807) is 0 Å². The minimum atomic E-state index is -0.916. The van der Waals surface area contributed by atoms with E-state index in [0.717, 1.165) is 50.5 Å². The van der Waals surface area contributed by atoms with Crippen LogP contribution in [0, 0.1) is 45.3 Å². The maximum Gasteiger partial charge on any atom is 0.0745 e. The summed E-state index contributed by atoms with van der Waals surface area (Å²) in [6.07, 6.45) is 6.72. The Morgan fingerprint density at radius 2 is 1.59 bits per heavy atom. The number of hydrogen-bond acceptors (Lipinski definition) is 4. The third-order valence-corrected chi connectivity index (χ3v) is 12.7. The Balaban J connectivity index is 1.64. The van der Waals surface area contributed by atoms with Gasteiger partial charge in [0.1, 0.15) is 0 Å². The fourth-order valence-corrected chi connectivity index (χ4v) is 10.3. The normalized spacial score (nSPS) is 50.4. The summed E-state index contributed by atoms with van der Waals surface area (Å²) in [4.78, 5) is 0. The summed E-state index contributed by atoms with van der Waals surface area (Å²) in [5, 5.41) is 44.5. The molecule has 0 unspecified atom stereocenters. The van der Waals surface area contributed by atoms with E-state index in [4.69, 9.17) is 0 Å². The van der Waals surface area contributed by atoms with Gasteiger partial charge in [-0.3, -0.25) is 0 Å². The van der Waals surface area contributed by atoms with Gasteiger partial charge in [0, 0.05) is 0 Å². The molecule has 0 aromatic heterocycles. The minimum Gasteiger partial charge on any atom is -0.393 e. The second-order valence-corrected chi connectivity index (χ2v) is 14.6. The van der Waals surface area contributed by atoms with E-state index >= 15 is 0 Å². The van der Waals surface area contributed by atoms with Gasteiger partial charge in [-0.2, -0.15) is 0 Å². The standard InChI is InChI=1S/C30H52O4/c1-18(2)20(31)10-16-30(8,34)19-9-14-29(7)25(19)21(32)17-23-27(5)13-12-24(33)26(3,4)22(27)11-15-28(23,29)6/h19-25,31-34H,1,9-17H2,2-8H3/t19-,20+,21+,22-,23+,24+,25-,27-,28+,29+,30-/m0/s1. The van der Waals surface area contributed by atoms with Gasteiger partial charge in [0.05, 0.1) is 23.9 Å². The SMILES string of the molecule is C=C(C)[C@H](O)CC[C@](C)(O)[C@H]1CC[C@]2(C)[C@@H]1[C@H](O)C[C@@H]1[C@@]3(C)CC[C@@H](O)C(C)(C)[C@@H]3CC[C@]12C. The van der Waals surface area contributed by atoms with Crippen molar-refractivity contribution in [3.63, 3.8) is 0 Å². The molecule has 0 bridgehead atoms. The molecule has 4 aliphatic carbocycles. The Morgan fingerprint density at radius 1 is 0.971 bits per heavy atom. The van der Waals surface area contributed by atoms with Crippen LogP contribution in [0.25, 0.3) is 0 Å². The van der Waals surface area contributed by atoms with Gasteiger partial charge in [0.15, 0.2) is 0 Å². The lowest BCUT2D eigenvalue weighted by molar-refractivity contribution is -0.246. The highest BCUT2D eigenvalue weighted by Crippen LogP contribution is 2.75. The van der Waals surface area contributed by atoms with Crippen LogP contribution in [0.15, 0.2) is 12.2 Å². The summed E-state index contributed by atoms with van der Waals surface area (Å²) in [6.45, 7) is 19.5. The molecule has 0 amide bonds. The van der Waals surface area contributed by atoms with Crippen LogP contribution in [-0.4, -0.2) is 44.3 Å². The van der Waals surface area contributed by atoms with E-state index < -0.39 is 17.8 Å². The number of fused-ring (bicyclic) bond motifs is 5. The molecule has 4 aliphatic rings. The van der Waals surface area contributed by atoms with Gasteiger partial charge < -0.3 is 20.4 Å². The maximum absolute atomic E-state index is 11.8. The zero-order valence-corrected chi connectivity index (χ0v) is 22.9. The van der Waals surface area contributed by atoms with Crippen LogP contribution in [0.4, 0.5) is 0 Å². The van der Waals surface area contributed by atoms with E-state index in [0.29, 0.717) is 24.7 Å². The molecule has 4 saturated carbocycles. The van der Waals surface area contributed by atoms with Gasteiger partial charge in [-0.05, 0) is 117 Å². The van der Waals surface area contributed by atoms with Crippen molar-refractivity contribution in [1.29, 1.82) is 0 Å². The predicted octanol–water partition coefficient (Wildman–Crippen LogP) is 5.47. The van der Waals surface area contributed by atoms with Gasteiger partial charge in [-0.15, -0.1) is 0 Å². The largest absolute Gasteiger partial charge is 0.393 e. The Hall–Kier alpha value is -0.420. The van der Waals surface area contributed by atoms with Gasteiger partial charge in [0.2, 0.25) is 0 Å². The van der Waals surface area contributed by atoms with E-state index in [-0.39, 0.29) is 39.6 Å². The third kappa shape index (κ3) is 3.60. The van der Waals surface area contributed by atoms with Crippen molar-refractivity contribution in [2.45, 2.75) is 130 Å². The highest BCUT2D eigenvalue weighted by atomic mass is 16.3. The van der Waals surface area contributed by atoms with Crippen molar-refractivity contribution in [2.24, 2.45) is 45.3 Å². The van der Waals surface area contributed by atoms with Crippen LogP contribution in [0.5, 0.6) is 0 Å². The van der Waals surface area contributed by atoms with Crippen LogP contribution >= 0.6 is 0 Å². The summed E-state index contributed by atoms with van der Waals surface area (Å²) in [7, 11) is 0. The van der Waals surface area contributed by atoms with E-state index in [9.17, 15) is 20.4 Å². The topological polar surface area (TPSA) is 80.9 Å². The minimum absolute atomic E-state index is 0.0227.